The molecule has 3 nitrogen and oxygen atoms in total. The van der Waals surface area contributed by atoms with Crippen molar-refractivity contribution in [1.82, 2.24) is 4.98 Å². The van der Waals surface area contributed by atoms with Crippen LogP contribution in [-0.2, 0) is 6.18 Å². The van der Waals surface area contributed by atoms with E-state index in [2.05, 4.69) is 4.98 Å². The number of halogens is 3. The number of pyridine rings is 1. The molecular formula is C10H8F3NO2. The number of aromatic carboxylic acids is 1. The lowest BCUT2D eigenvalue weighted by Gasteiger charge is -2.09. The Morgan fingerprint density at radius 3 is 2.44 bits per heavy atom. The van der Waals surface area contributed by atoms with Crippen molar-refractivity contribution in [2.45, 2.75) is 24.9 Å². The number of aromatic nitrogens is 1. The van der Waals surface area contributed by atoms with Crippen LogP contribution in [0.25, 0.3) is 0 Å². The van der Waals surface area contributed by atoms with E-state index in [9.17, 15) is 18.0 Å². The molecular weight excluding hydrogens is 223 g/mol. The second-order valence-corrected chi connectivity index (χ2v) is 3.71. The number of alkyl halides is 3. The fraction of sp³-hybridized carbons (Fsp3) is 0.400. The Kier molecular flexibility index (Phi) is 2.36. The van der Waals surface area contributed by atoms with Gasteiger partial charge in [-0.2, -0.15) is 13.2 Å². The lowest BCUT2D eigenvalue weighted by atomic mass is 10.1. The van der Waals surface area contributed by atoms with Crippen molar-refractivity contribution in [3.63, 3.8) is 0 Å². The molecule has 86 valence electrons. The minimum absolute atomic E-state index is 0.0577. The van der Waals surface area contributed by atoms with Crippen LogP contribution >= 0.6 is 0 Å². The first kappa shape index (κ1) is 10.9. The highest BCUT2D eigenvalue weighted by Gasteiger charge is 2.36. The van der Waals surface area contributed by atoms with Crippen molar-refractivity contribution < 1.29 is 23.1 Å². The fourth-order valence-corrected chi connectivity index (χ4v) is 1.48. The van der Waals surface area contributed by atoms with Gasteiger partial charge in [-0.1, -0.05) is 0 Å². The first-order valence-electron chi connectivity index (χ1n) is 4.71. The molecule has 1 heterocycles. The molecule has 1 N–H and O–H groups in total. The zero-order chi connectivity index (χ0) is 11.9. The van der Waals surface area contributed by atoms with Crippen molar-refractivity contribution in [2.75, 3.05) is 0 Å². The summed E-state index contributed by atoms with van der Waals surface area (Å²) in [5, 5.41) is 8.81. The van der Waals surface area contributed by atoms with Gasteiger partial charge in [0, 0.05) is 5.92 Å². The van der Waals surface area contributed by atoms with Crippen LogP contribution in [-0.4, -0.2) is 16.1 Å². The molecule has 0 radical (unpaired) electrons. The number of carboxylic acids is 1. The van der Waals surface area contributed by atoms with Gasteiger partial charge in [0.05, 0.1) is 11.3 Å². The van der Waals surface area contributed by atoms with Crippen molar-refractivity contribution >= 4 is 5.97 Å². The third-order valence-electron chi connectivity index (χ3n) is 2.41. The zero-order valence-corrected chi connectivity index (χ0v) is 8.08. The minimum atomic E-state index is -4.53. The quantitative estimate of drug-likeness (QED) is 0.851. The zero-order valence-electron chi connectivity index (χ0n) is 8.08. The van der Waals surface area contributed by atoms with Crippen LogP contribution in [0.2, 0.25) is 0 Å². The standard InChI is InChI=1S/C10H8F3NO2/c11-10(12,13)7-4-3-6(9(15)16)8(14-7)5-1-2-5/h3-5H,1-2H2,(H,15,16). The third-order valence-corrected chi connectivity index (χ3v) is 2.41. The van der Waals surface area contributed by atoms with E-state index in [1.807, 2.05) is 0 Å². The molecule has 0 spiro atoms. The molecule has 0 saturated heterocycles. The Bertz CT molecular complexity index is 438. The maximum absolute atomic E-state index is 12.4. The summed E-state index contributed by atoms with van der Waals surface area (Å²) in [4.78, 5) is 14.2. The number of hydrogen-bond donors (Lipinski definition) is 1. The summed E-state index contributed by atoms with van der Waals surface area (Å²) in [6, 6.07) is 1.68. The van der Waals surface area contributed by atoms with Gasteiger partial charge in [0.2, 0.25) is 0 Å². The summed E-state index contributed by atoms with van der Waals surface area (Å²) >= 11 is 0. The van der Waals surface area contributed by atoms with Gasteiger partial charge in [0.1, 0.15) is 5.69 Å². The lowest BCUT2D eigenvalue weighted by Crippen LogP contribution is -2.12. The second kappa shape index (κ2) is 3.47. The SMILES string of the molecule is O=C(O)c1ccc(C(F)(F)F)nc1C1CC1. The lowest BCUT2D eigenvalue weighted by molar-refractivity contribution is -0.141. The summed E-state index contributed by atoms with van der Waals surface area (Å²) < 4.78 is 37.1. The Labute approximate surface area is 88.9 Å². The highest BCUT2D eigenvalue weighted by Crippen LogP contribution is 2.41. The van der Waals surface area contributed by atoms with Crippen LogP contribution in [0.1, 0.15) is 40.5 Å². The van der Waals surface area contributed by atoms with Crippen LogP contribution in [0.3, 0.4) is 0 Å². The van der Waals surface area contributed by atoms with Crippen molar-refractivity contribution in [1.29, 1.82) is 0 Å². The first-order valence-corrected chi connectivity index (χ1v) is 4.71. The van der Waals surface area contributed by atoms with Crippen LogP contribution < -0.4 is 0 Å². The number of carbonyl (C=O) groups is 1. The van der Waals surface area contributed by atoms with Crippen LogP contribution in [0.4, 0.5) is 13.2 Å². The van der Waals surface area contributed by atoms with Gasteiger partial charge in [-0.15, -0.1) is 0 Å². The number of nitrogens with zero attached hydrogens (tertiary/aromatic N) is 1. The topological polar surface area (TPSA) is 50.2 Å². The molecule has 2 rings (SSSR count). The van der Waals surface area contributed by atoms with E-state index in [0.717, 1.165) is 6.07 Å². The third kappa shape index (κ3) is 2.00. The molecule has 6 heteroatoms. The van der Waals surface area contributed by atoms with Gasteiger partial charge in [-0.3, -0.25) is 0 Å². The van der Waals surface area contributed by atoms with E-state index in [-0.39, 0.29) is 17.2 Å². The normalized spacial score (nSPS) is 16.2. The average molecular weight is 231 g/mol. The summed E-state index contributed by atoms with van der Waals surface area (Å²) in [5.74, 6) is -1.36. The smallest absolute Gasteiger partial charge is 0.433 e. The molecule has 1 aromatic heterocycles. The van der Waals surface area contributed by atoms with Gasteiger partial charge in [-0.25, -0.2) is 9.78 Å². The largest absolute Gasteiger partial charge is 0.478 e. The summed E-state index contributed by atoms with van der Waals surface area (Å²) in [5.41, 5.74) is -1.10. The average Bonchev–Trinajstić information content (AvgIpc) is 2.98. The van der Waals surface area contributed by atoms with Crippen molar-refractivity contribution in [2.24, 2.45) is 0 Å². The highest BCUT2D eigenvalue weighted by atomic mass is 19.4. The number of hydrogen-bond acceptors (Lipinski definition) is 2. The van der Waals surface area contributed by atoms with E-state index in [1.54, 1.807) is 0 Å². The summed E-state index contributed by atoms with van der Waals surface area (Å²) in [6.45, 7) is 0. The minimum Gasteiger partial charge on any atom is -0.478 e. The first-order chi connectivity index (χ1) is 7.39. The van der Waals surface area contributed by atoms with E-state index in [0.29, 0.717) is 18.9 Å². The molecule has 0 bridgehead atoms. The van der Waals surface area contributed by atoms with E-state index < -0.39 is 17.8 Å². The Morgan fingerprint density at radius 1 is 1.38 bits per heavy atom. The maximum Gasteiger partial charge on any atom is 0.433 e. The van der Waals surface area contributed by atoms with E-state index >= 15 is 0 Å². The number of rotatable bonds is 2. The number of carboxylic acid groups (broad SMARTS) is 1. The van der Waals surface area contributed by atoms with Gasteiger partial charge in [0.25, 0.3) is 0 Å². The molecule has 0 atom stereocenters. The molecule has 0 aliphatic heterocycles. The molecule has 1 aromatic rings. The monoisotopic (exact) mass is 231 g/mol. The highest BCUT2D eigenvalue weighted by molar-refractivity contribution is 5.89. The van der Waals surface area contributed by atoms with Gasteiger partial charge >= 0.3 is 12.1 Å². The fourth-order valence-electron chi connectivity index (χ4n) is 1.48. The predicted octanol–water partition coefficient (Wildman–Crippen LogP) is 2.68. The molecule has 1 saturated carbocycles. The molecule has 0 amide bonds. The molecule has 1 aliphatic carbocycles. The summed E-state index contributed by atoms with van der Waals surface area (Å²) in [7, 11) is 0. The molecule has 1 fully saturated rings. The predicted molar refractivity (Wildman–Crippen MR) is 48.2 cm³/mol. The maximum atomic E-state index is 12.4. The Balaban J connectivity index is 2.48. The molecule has 0 aromatic carbocycles. The van der Waals surface area contributed by atoms with E-state index in [4.69, 9.17) is 5.11 Å². The van der Waals surface area contributed by atoms with Crippen LogP contribution in [0.5, 0.6) is 0 Å². The van der Waals surface area contributed by atoms with Crippen LogP contribution in [0.15, 0.2) is 12.1 Å². The Morgan fingerprint density at radius 2 is 2.00 bits per heavy atom. The van der Waals surface area contributed by atoms with Gasteiger partial charge in [0.15, 0.2) is 0 Å². The molecule has 1 aliphatic rings. The van der Waals surface area contributed by atoms with Gasteiger partial charge in [-0.05, 0) is 25.0 Å². The van der Waals surface area contributed by atoms with Crippen LogP contribution in [0, 0.1) is 0 Å². The summed E-state index contributed by atoms with van der Waals surface area (Å²) in [6.07, 6.45) is -3.12. The second-order valence-electron chi connectivity index (χ2n) is 3.71. The molecule has 0 unspecified atom stereocenters. The Hall–Kier alpha value is -1.59. The van der Waals surface area contributed by atoms with Gasteiger partial charge < -0.3 is 5.11 Å². The van der Waals surface area contributed by atoms with Crippen molar-refractivity contribution in [3.8, 4) is 0 Å². The molecule has 16 heavy (non-hydrogen) atoms. The van der Waals surface area contributed by atoms with E-state index in [1.165, 1.54) is 0 Å². The van der Waals surface area contributed by atoms with Crippen molar-refractivity contribution in [3.05, 3.63) is 29.1 Å².